The van der Waals surface area contributed by atoms with Crippen molar-refractivity contribution in [2.45, 2.75) is 137 Å². The van der Waals surface area contributed by atoms with Gasteiger partial charge in [-0.1, -0.05) is 98.8 Å². The molecule has 0 amide bonds. The molecule has 0 aliphatic carbocycles. The van der Waals surface area contributed by atoms with E-state index in [1.54, 1.807) is 0 Å². The van der Waals surface area contributed by atoms with Crippen LogP contribution >= 0.6 is 0 Å². The van der Waals surface area contributed by atoms with Crippen molar-refractivity contribution < 1.29 is 19.1 Å². The lowest BCUT2D eigenvalue weighted by Gasteiger charge is -2.24. The normalized spacial score (nSPS) is 11.5. The first-order valence-corrected chi connectivity index (χ1v) is 12.7. The summed E-state index contributed by atoms with van der Waals surface area (Å²) in [5.41, 5.74) is 0. The third-order valence-corrected chi connectivity index (χ3v) is 5.60. The second-order valence-electron chi connectivity index (χ2n) is 9.41. The van der Waals surface area contributed by atoms with E-state index in [4.69, 9.17) is 9.47 Å². The highest BCUT2D eigenvalue weighted by atomic mass is 16.5. The molecule has 30 heavy (non-hydrogen) atoms. The molecule has 4 nitrogen and oxygen atoms in total. The number of hydrogen-bond donors (Lipinski definition) is 0. The summed E-state index contributed by atoms with van der Waals surface area (Å²) in [6.07, 6.45) is 15.9. The molecule has 0 N–H and O–H groups in total. The van der Waals surface area contributed by atoms with Crippen LogP contribution in [0.3, 0.4) is 0 Å². The minimum absolute atomic E-state index is 0.0167. The number of carbonyl (C=O) groups is 2. The third kappa shape index (κ3) is 17.8. The molecule has 0 atom stereocenters. The average Bonchev–Trinajstić information content (AvgIpc) is 2.69. The van der Waals surface area contributed by atoms with Gasteiger partial charge in [0.2, 0.25) is 0 Å². The number of ether oxygens (including phenoxy) is 2. The maximum atomic E-state index is 12.0. The summed E-state index contributed by atoms with van der Waals surface area (Å²) in [7, 11) is 0. The smallest absolute Gasteiger partial charge is 0.306 e. The second kappa shape index (κ2) is 19.9. The van der Waals surface area contributed by atoms with E-state index in [1.165, 1.54) is 38.5 Å². The van der Waals surface area contributed by atoms with Gasteiger partial charge in [-0.2, -0.15) is 0 Å². The molecule has 0 aromatic rings. The molecule has 0 rings (SSSR count). The van der Waals surface area contributed by atoms with Crippen LogP contribution in [0.5, 0.6) is 0 Å². The Morgan fingerprint density at radius 2 is 1.03 bits per heavy atom. The molecule has 0 aromatic carbocycles. The fraction of sp³-hybridized carbons (Fsp3) is 0.923. The number of hydrogen-bond acceptors (Lipinski definition) is 4. The maximum Gasteiger partial charge on any atom is 0.306 e. The fourth-order valence-corrected chi connectivity index (χ4v) is 3.82. The fourth-order valence-electron chi connectivity index (χ4n) is 3.82. The van der Waals surface area contributed by atoms with Gasteiger partial charge in [-0.05, 0) is 31.1 Å². The molecule has 0 spiro atoms. The van der Waals surface area contributed by atoms with E-state index in [1.807, 2.05) is 0 Å². The Kier molecular flexibility index (Phi) is 19.2. The number of esters is 2. The van der Waals surface area contributed by atoms with E-state index in [0.29, 0.717) is 31.3 Å². The zero-order chi connectivity index (χ0) is 22.6. The molecule has 0 aliphatic heterocycles. The van der Waals surface area contributed by atoms with Gasteiger partial charge in [-0.3, -0.25) is 9.59 Å². The topological polar surface area (TPSA) is 52.6 Å². The Morgan fingerprint density at radius 3 is 1.53 bits per heavy atom. The summed E-state index contributed by atoms with van der Waals surface area (Å²) in [6, 6.07) is 0. The lowest BCUT2D eigenvalue weighted by atomic mass is 9.96. The van der Waals surface area contributed by atoms with Crippen molar-refractivity contribution in [2.75, 3.05) is 6.61 Å². The molecule has 0 heterocycles. The SMILES string of the molecule is CCCCCCCCCOC(=O)CCCCCCCCC(=O)OC(C(C)C)C(C)C. The van der Waals surface area contributed by atoms with Crippen molar-refractivity contribution in [3.8, 4) is 0 Å². The van der Waals surface area contributed by atoms with Crippen LogP contribution < -0.4 is 0 Å². The quantitative estimate of drug-likeness (QED) is 0.148. The summed E-state index contributed by atoms with van der Waals surface area (Å²) in [5, 5.41) is 0. The molecular formula is C26H50O4. The van der Waals surface area contributed by atoms with E-state index in [9.17, 15) is 9.59 Å². The molecule has 4 heteroatoms. The molecule has 0 saturated carbocycles. The second-order valence-corrected chi connectivity index (χ2v) is 9.41. The Balaban J connectivity index is 3.46. The molecule has 0 saturated heterocycles. The largest absolute Gasteiger partial charge is 0.466 e. The first kappa shape index (κ1) is 28.9. The number of unbranched alkanes of at least 4 members (excludes halogenated alkanes) is 11. The van der Waals surface area contributed by atoms with Gasteiger partial charge >= 0.3 is 11.9 Å². The third-order valence-electron chi connectivity index (χ3n) is 5.60. The maximum absolute atomic E-state index is 12.0. The summed E-state index contributed by atoms with van der Waals surface area (Å²) < 4.78 is 10.9. The molecule has 0 unspecified atom stereocenters. The predicted octanol–water partition coefficient (Wildman–Crippen LogP) is 7.62. The van der Waals surface area contributed by atoms with Crippen molar-refractivity contribution in [2.24, 2.45) is 11.8 Å². The molecule has 0 aliphatic rings. The van der Waals surface area contributed by atoms with Crippen LogP contribution in [0.25, 0.3) is 0 Å². The van der Waals surface area contributed by atoms with Crippen LogP contribution in [0.1, 0.15) is 131 Å². The Morgan fingerprint density at radius 1 is 0.600 bits per heavy atom. The summed E-state index contributed by atoms with van der Waals surface area (Å²) in [6.45, 7) is 11.2. The summed E-state index contributed by atoms with van der Waals surface area (Å²) >= 11 is 0. The zero-order valence-electron chi connectivity index (χ0n) is 20.7. The van der Waals surface area contributed by atoms with Crippen LogP contribution in [0.15, 0.2) is 0 Å². The lowest BCUT2D eigenvalue weighted by molar-refractivity contribution is -0.154. The highest BCUT2D eigenvalue weighted by Gasteiger charge is 2.21. The van der Waals surface area contributed by atoms with Crippen LogP contribution in [0.4, 0.5) is 0 Å². The van der Waals surface area contributed by atoms with E-state index < -0.39 is 0 Å². The first-order chi connectivity index (χ1) is 14.4. The Bertz CT molecular complexity index is 409. The van der Waals surface area contributed by atoms with Gasteiger partial charge in [-0.15, -0.1) is 0 Å². The Labute approximate surface area is 186 Å². The van der Waals surface area contributed by atoms with E-state index in [0.717, 1.165) is 44.9 Å². The molecule has 0 bridgehead atoms. The van der Waals surface area contributed by atoms with Gasteiger partial charge < -0.3 is 9.47 Å². The van der Waals surface area contributed by atoms with Gasteiger partial charge in [0.25, 0.3) is 0 Å². The van der Waals surface area contributed by atoms with Gasteiger partial charge in [0.15, 0.2) is 0 Å². The molecule has 0 radical (unpaired) electrons. The standard InChI is InChI=1S/C26H50O4/c1-6-7-8-9-12-15-18-21-29-24(27)19-16-13-10-11-14-17-20-25(28)30-26(22(2)3)23(4)5/h22-23,26H,6-21H2,1-5H3. The van der Waals surface area contributed by atoms with Crippen LogP contribution in [0.2, 0.25) is 0 Å². The van der Waals surface area contributed by atoms with Crippen molar-refractivity contribution in [3.05, 3.63) is 0 Å². The van der Waals surface area contributed by atoms with Gasteiger partial charge in [0.05, 0.1) is 6.61 Å². The lowest BCUT2D eigenvalue weighted by Crippen LogP contribution is -2.28. The molecular weight excluding hydrogens is 376 g/mol. The molecule has 0 fully saturated rings. The van der Waals surface area contributed by atoms with Crippen LogP contribution in [-0.2, 0) is 19.1 Å². The van der Waals surface area contributed by atoms with Crippen molar-refractivity contribution in [3.63, 3.8) is 0 Å². The minimum atomic E-state index is -0.0638. The Hall–Kier alpha value is -1.06. The summed E-state index contributed by atoms with van der Waals surface area (Å²) in [4.78, 5) is 23.7. The van der Waals surface area contributed by atoms with Crippen LogP contribution in [-0.4, -0.2) is 24.6 Å². The van der Waals surface area contributed by atoms with Crippen molar-refractivity contribution in [1.82, 2.24) is 0 Å². The number of carbonyl (C=O) groups excluding carboxylic acids is 2. The van der Waals surface area contributed by atoms with Gasteiger partial charge in [0, 0.05) is 12.8 Å². The van der Waals surface area contributed by atoms with Crippen molar-refractivity contribution in [1.29, 1.82) is 0 Å². The highest BCUT2D eigenvalue weighted by Crippen LogP contribution is 2.18. The van der Waals surface area contributed by atoms with Gasteiger partial charge in [-0.25, -0.2) is 0 Å². The first-order valence-electron chi connectivity index (χ1n) is 12.7. The monoisotopic (exact) mass is 426 g/mol. The van der Waals surface area contributed by atoms with Gasteiger partial charge in [0.1, 0.15) is 6.10 Å². The van der Waals surface area contributed by atoms with E-state index in [2.05, 4.69) is 34.6 Å². The summed E-state index contributed by atoms with van der Waals surface area (Å²) in [5.74, 6) is 0.604. The van der Waals surface area contributed by atoms with Crippen molar-refractivity contribution >= 4 is 11.9 Å². The number of rotatable bonds is 20. The average molecular weight is 427 g/mol. The molecule has 0 aromatic heterocycles. The zero-order valence-corrected chi connectivity index (χ0v) is 20.7. The predicted molar refractivity (Wildman–Crippen MR) is 125 cm³/mol. The van der Waals surface area contributed by atoms with E-state index in [-0.39, 0.29) is 18.0 Å². The molecule has 178 valence electrons. The highest BCUT2D eigenvalue weighted by molar-refractivity contribution is 5.69. The minimum Gasteiger partial charge on any atom is -0.466 e. The van der Waals surface area contributed by atoms with E-state index >= 15 is 0 Å². The van der Waals surface area contributed by atoms with Crippen LogP contribution in [0, 0.1) is 11.8 Å².